The van der Waals surface area contributed by atoms with Gasteiger partial charge in [-0.25, -0.2) is 0 Å². The molecule has 0 aromatic heterocycles. The summed E-state index contributed by atoms with van der Waals surface area (Å²) in [6, 6.07) is 14.9. The molecule has 2 aromatic rings. The van der Waals surface area contributed by atoms with Crippen LogP contribution >= 0.6 is 0 Å². The number of hydrogen-bond donors (Lipinski definition) is 2. The molecule has 0 spiro atoms. The molecule has 1 aliphatic heterocycles. The highest BCUT2D eigenvalue weighted by Gasteiger charge is 2.28. The van der Waals surface area contributed by atoms with E-state index in [2.05, 4.69) is 34.6 Å². The van der Waals surface area contributed by atoms with Gasteiger partial charge in [0.15, 0.2) is 0 Å². The van der Waals surface area contributed by atoms with Gasteiger partial charge in [-0.05, 0) is 25.0 Å². The van der Waals surface area contributed by atoms with Gasteiger partial charge in [0.25, 0.3) is 11.6 Å². The van der Waals surface area contributed by atoms with E-state index in [1.807, 2.05) is 18.2 Å². The summed E-state index contributed by atoms with van der Waals surface area (Å²) in [7, 11) is 1.69. The second-order valence-corrected chi connectivity index (χ2v) is 6.78. The molecule has 7 nitrogen and oxygen atoms in total. The monoisotopic (exact) mass is 368 g/mol. The first kappa shape index (κ1) is 18.8. The Morgan fingerprint density at radius 1 is 1.26 bits per heavy atom. The minimum Gasteiger partial charge on any atom is -0.387 e. The Balaban J connectivity index is 1.67. The number of nitrogens with one attached hydrogen (secondary N) is 2. The van der Waals surface area contributed by atoms with Crippen molar-refractivity contribution in [1.29, 1.82) is 0 Å². The second-order valence-electron chi connectivity index (χ2n) is 6.78. The molecule has 1 saturated heterocycles. The second kappa shape index (κ2) is 8.18. The molecular formula is C20H24N4O3. The number of benzene rings is 2. The number of likely N-dealkylation sites (tertiary alicyclic amines) is 1. The highest BCUT2D eigenvalue weighted by molar-refractivity contribution is 6.00. The molecule has 0 saturated carbocycles. The van der Waals surface area contributed by atoms with Crippen LogP contribution in [0.15, 0.2) is 48.5 Å². The minimum absolute atomic E-state index is 0.0210. The van der Waals surface area contributed by atoms with E-state index < -0.39 is 4.92 Å². The summed E-state index contributed by atoms with van der Waals surface area (Å²) in [4.78, 5) is 25.6. The van der Waals surface area contributed by atoms with E-state index in [-0.39, 0.29) is 23.7 Å². The van der Waals surface area contributed by atoms with Crippen LogP contribution in [0.2, 0.25) is 0 Å². The van der Waals surface area contributed by atoms with Crippen LogP contribution in [0.1, 0.15) is 35.3 Å². The third kappa shape index (κ3) is 4.25. The van der Waals surface area contributed by atoms with Gasteiger partial charge in [-0.15, -0.1) is 0 Å². The maximum Gasteiger partial charge on any atom is 0.270 e. The van der Waals surface area contributed by atoms with Crippen LogP contribution in [-0.2, 0) is 0 Å². The number of nitro benzene ring substituents is 1. The molecule has 142 valence electrons. The van der Waals surface area contributed by atoms with Crippen LogP contribution < -0.4 is 10.6 Å². The van der Waals surface area contributed by atoms with E-state index in [4.69, 9.17) is 0 Å². The first-order valence-electron chi connectivity index (χ1n) is 9.05. The van der Waals surface area contributed by atoms with Crippen molar-refractivity contribution < 1.29 is 9.72 Å². The molecule has 1 heterocycles. The molecule has 1 amide bonds. The fraction of sp³-hybridized carbons (Fsp3) is 0.350. The Labute approximate surface area is 158 Å². The summed E-state index contributed by atoms with van der Waals surface area (Å²) in [5.74, 6) is -0.290. The summed E-state index contributed by atoms with van der Waals surface area (Å²) in [6.07, 6.45) is 0.854. The molecular weight excluding hydrogens is 344 g/mol. The van der Waals surface area contributed by atoms with Crippen LogP contribution in [0, 0.1) is 10.1 Å². The zero-order valence-corrected chi connectivity index (χ0v) is 15.5. The topological polar surface area (TPSA) is 87.5 Å². The number of nitro groups is 1. The summed E-state index contributed by atoms with van der Waals surface area (Å²) >= 11 is 0. The first-order valence-corrected chi connectivity index (χ1v) is 9.05. The highest BCUT2D eigenvalue weighted by atomic mass is 16.6. The van der Waals surface area contributed by atoms with Gasteiger partial charge in [-0.1, -0.05) is 30.3 Å². The lowest BCUT2D eigenvalue weighted by Gasteiger charge is -2.25. The van der Waals surface area contributed by atoms with Crippen LogP contribution in [0.3, 0.4) is 0 Å². The van der Waals surface area contributed by atoms with E-state index in [0.29, 0.717) is 11.3 Å². The van der Waals surface area contributed by atoms with Crippen LogP contribution in [0.5, 0.6) is 0 Å². The summed E-state index contributed by atoms with van der Waals surface area (Å²) < 4.78 is 0. The zero-order chi connectivity index (χ0) is 19.4. The fourth-order valence-electron chi connectivity index (χ4n) is 3.51. The van der Waals surface area contributed by atoms with Crippen LogP contribution in [0.25, 0.3) is 0 Å². The Morgan fingerprint density at radius 3 is 2.67 bits per heavy atom. The number of nitrogens with zero attached hydrogens (tertiary/aromatic N) is 2. The molecule has 2 aromatic carbocycles. The third-order valence-corrected chi connectivity index (χ3v) is 5.11. The van der Waals surface area contributed by atoms with Crippen molar-refractivity contribution in [3.63, 3.8) is 0 Å². The number of carbonyl (C=O) groups is 1. The van der Waals surface area contributed by atoms with Gasteiger partial charge in [0, 0.05) is 50.0 Å². The molecule has 1 aliphatic rings. The van der Waals surface area contributed by atoms with Crippen molar-refractivity contribution in [2.24, 2.45) is 0 Å². The molecule has 2 atom stereocenters. The third-order valence-electron chi connectivity index (χ3n) is 5.11. The Kier molecular flexibility index (Phi) is 5.71. The molecule has 1 fully saturated rings. The van der Waals surface area contributed by atoms with Gasteiger partial charge >= 0.3 is 0 Å². The van der Waals surface area contributed by atoms with Crippen LogP contribution in [-0.4, -0.2) is 41.9 Å². The highest BCUT2D eigenvalue weighted by Crippen LogP contribution is 2.26. The Hall–Kier alpha value is -2.93. The maximum atomic E-state index is 12.7. The van der Waals surface area contributed by atoms with Crippen molar-refractivity contribution in [2.45, 2.75) is 25.4 Å². The van der Waals surface area contributed by atoms with Crippen molar-refractivity contribution in [2.75, 3.05) is 25.5 Å². The van der Waals surface area contributed by atoms with Crippen molar-refractivity contribution in [3.05, 3.63) is 69.8 Å². The summed E-state index contributed by atoms with van der Waals surface area (Å²) in [6.45, 7) is 3.82. The van der Waals surface area contributed by atoms with E-state index in [9.17, 15) is 14.9 Å². The standard InChI is InChI=1S/C20H24N4O3/c1-14(15-6-4-3-5-7-15)23-11-10-16(13-23)22-20(25)18-12-17(24(26)27)8-9-19(18)21-2/h3-9,12,14,16,21H,10-11,13H2,1-2H3,(H,22,25). The fourth-order valence-corrected chi connectivity index (χ4v) is 3.51. The van der Waals surface area contributed by atoms with E-state index in [1.165, 1.54) is 17.7 Å². The maximum absolute atomic E-state index is 12.7. The van der Waals surface area contributed by atoms with Crippen LogP contribution in [0.4, 0.5) is 11.4 Å². The lowest BCUT2D eigenvalue weighted by molar-refractivity contribution is -0.384. The summed E-state index contributed by atoms with van der Waals surface area (Å²) in [5.41, 5.74) is 2.03. The van der Waals surface area contributed by atoms with Gasteiger partial charge in [0.1, 0.15) is 0 Å². The average Bonchev–Trinajstić information content (AvgIpc) is 3.15. The molecule has 0 radical (unpaired) electrons. The number of non-ortho nitro benzene ring substituents is 1. The van der Waals surface area contributed by atoms with E-state index in [1.54, 1.807) is 13.1 Å². The molecule has 7 heteroatoms. The molecule has 27 heavy (non-hydrogen) atoms. The number of carbonyl (C=O) groups excluding carboxylic acids is 1. The number of hydrogen-bond acceptors (Lipinski definition) is 5. The number of amides is 1. The predicted octanol–water partition coefficient (Wildman–Crippen LogP) is 3.20. The van der Waals surface area contributed by atoms with Gasteiger partial charge in [-0.2, -0.15) is 0 Å². The molecule has 3 rings (SSSR count). The lowest BCUT2D eigenvalue weighted by Crippen LogP contribution is -2.37. The average molecular weight is 368 g/mol. The smallest absolute Gasteiger partial charge is 0.270 e. The molecule has 2 unspecified atom stereocenters. The zero-order valence-electron chi connectivity index (χ0n) is 15.5. The number of anilines is 1. The molecule has 2 N–H and O–H groups in total. The lowest BCUT2D eigenvalue weighted by atomic mass is 10.1. The molecule has 0 bridgehead atoms. The van der Waals surface area contributed by atoms with Crippen molar-refractivity contribution in [3.8, 4) is 0 Å². The number of rotatable bonds is 6. The predicted molar refractivity (Wildman–Crippen MR) is 105 cm³/mol. The van der Waals surface area contributed by atoms with Crippen molar-refractivity contribution >= 4 is 17.3 Å². The van der Waals surface area contributed by atoms with Gasteiger partial charge in [-0.3, -0.25) is 19.8 Å². The van der Waals surface area contributed by atoms with Gasteiger partial charge in [0.05, 0.1) is 10.5 Å². The molecule has 0 aliphatic carbocycles. The quantitative estimate of drug-likeness (QED) is 0.604. The summed E-state index contributed by atoms with van der Waals surface area (Å²) in [5, 5.41) is 17.0. The van der Waals surface area contributed by atoms with E-state index >= 15 is 0 Å². The largest absolute Gasteiger partial charge is 0.387 e. The van der Waals surface area contributed by atoms with Crippen molar-refractivity contribution in [1.82, 2.24) is 10.2 Å². The van der Waals surface area contributed by atoms with Gasteiger partial charge in [0.2, 0.25) is 0 Å². The SMILES string of the molecule is CNc1ccc([N+](=O)[O-])cc1C(=O)NC1CCN(C(C)c2ccccc2)C1. The normalized spacial score (nSPS) is 18.1. The Bertz CT molecular complexity index is 825. The Morgan fingerprint density at radius 2 is 2.00 bits per heavy atom. The minimum atomic E-state index is -0.491. The van der Waals surface area contributed by atoms with Gasteiger partial charge < -0.3 is 10.6 Å². The first-order chi connectivity index (χ1) is 13.0. The van der Waals surface area contributed by atoms with E-state index in [0.717, 1.165) is 19.5 Å².